The fourth-order valence-corrected chi connectivity index (χ4v) is 2.15. The van der Waals surface area contributed by atoms with E-state index in [-0.39, 0.29) is 5.92 Å². The van der Waals surface area contributed by atoms with Crippen LogP contribution >= 0.6 is 0 Å². The zero-order valence-corrected chi connectivity index (χ0v) is 11.3. The summed E-state index contributed by atoms with van der Waals surface area (Å²) in [5, 5.41) is 4.11. The molecule has 0 N–H and O–H groups in total. The second-order valence-corrected chi connectivity index (χ2v) is 4.66. The zero-order chi connectivity index (χ0) is 12.7. The summed E-state index contributed by atoms with van der Waals surface area (Å²) in [7, 11) is 1.92. The van der Waals surface area contributed by atoms with E-state index in [2.05, 4.69) is 18.9 Å². The number of hydrogen-bond acceptors (Lipinski definition) is 2. The monoisotopic (exact) mass is 236 g/mol. The summed E-state index contributed by atoms with van der Waals surface area (Å²) < 4.78 is 1.85. The maximum atomic E-state index is 12.1. The topological polar surface area (TPSA) is 34.9 Å². The van der Waals surface area contributed by atoms with E-state index in [0.29, 0.717) is 12.2 Å². The molecule has 0 spiro atoms. The SMILES string of the molecule is CCCCC(CC)C(=O)CCc1ccnn1C. The molecule has 0 amide bonds. The Morgan fingerprint density at radius 3 is 2.76 bits per heavy atom. The van der Waals surface area contributed by atoms with Gasteiger partial charge in [-0.2, -0.15) is 5.10 Å². The molecule has 17 heavy (non-hydrogen) atoms. The van der Waals surface area contributed by atoms with Crippen LogP contribution in [0.3, 0.4) is 0 Å². The van der Waals surface area contributed by atoms with Gasteiger partial charge in [0.05, 0.1) is 0 Å². The Kier molecular flexibility index (Phi) is 5.95. The van der Waals surface area contributed by atoms with E-state index < -0.39 is 0 Å². The molecular weight excluding hydrogens is 212 g/mol. The molecule has 0 saturated carbocycles. The summed E-state index contributed by atoms with van der Waals surface area (Å²) in [6.45, 7) is 4.29. The molecule has 3 heteroatoms. The Morgan fingerprint density at radius 2 is 2.24 bits per heavy atom. The molecule has 1 aromatic rings. The van der Waals surface area contributed by atoms with Gasteiger partial charge in [0, 0.05) is 31.3 Å². The van der Waals surface area contributed by atoms with E-state index in [1.807, 2.05) is 17.8 Å². The number of carbonyl (C=O) groups is 1. The van der Waals surface area contributed by atoms with Gasteiger partial charge < -0.3 is 0 Å². The number of rotatable bonds is 8. The van der Waals surface area contributed by atoms with Crippen LogP contribution in [0.2, 0.25) is 0 Å². The fraction of sp³-hybridized carbons (Fsp3) is 0.714. The van der Waals surface area contributed by atoms with Crippen molar-refractivity contribution < 1.29 is 4.79 Å². The first kappa shape index (κ1) is 13.9. The molecule has 0 bridgehead atoms. The highest BCUT2D eigenvalue weighted by Crippen LogP contribution is 2.16. The molecule has 0 aliphatic rings. The van der Waals surface area contributed by atoms with E-state index in [0.717, 1.165) is 31.4 Å². The molecule has 0 fully saturated rings. The fourth-order valence-electron chi connectivity index (χ4n) is 2.15. The number of nitrogens with zero attached hydrogens (tertiary/aromatic N) is 2. The smallest absolute Gasteiger partial charge is 0.136 e. The highest BCUT2D eigenvalue weighted by atomic mass is 16.1. The predicted octanol–water partition coefficient (Wildman–Crippen LogP) is 3.14. The predicted molar refractivity (Wildman–Crippen MR) is 69.8 cm³/mol. The second kappa shape index (κ2) is 7.25. The molecule has 3 nitrogen and oxygen atoms in total. The summed E-state index contributed by atoms with van der Waals surface area (Å²) in [6, 6.07) is 1.99. The number of unbranched alkanes of at least 4 members (excludes halogenated alkanes) is 1. The van der Waals surface area contributed by atoms with Crippen LogP contribution in [-0.4, -0.2) is 15.6 Å². The van der Waals surface area contributed by atoms with Gasteiger partial charge in [0.1, 0.15) is 5.78 Å². The van der Waals surface area contributed by atoms with E-state index in [9.17, 15) is 4.79 Å². The van der Waals surface area contributed by atoms with Crippen LogP contribution in [0.1, 0.15) is 51.6 Å². The molecule has 1 atom stereocenters. The van der Waals surface area contributed by atoms with Crippen LogP contribution in [0, 0.1) is 5.92 Å². The Balaban J connectivity index is 2.39. The van der Waals surface area contributed by atoms with Gasteiger partial charge in [-0.05, 0) is 25.3 Å². The first-order valence-corrected chi connectivity index (χ1v) is 6.68. The van der Waals surface area contributed by atoms with Crippen molar-refractivity contribution >= 4 is 5.78 Å². The van der Waals surface area contributed by atoms with Gasteiger partial charge in [-0.25, -0.2) is 0 Å². The van der Waals surface area contributed by atoms with E-state index in [4.69, 9.17) is 0 Å². The van der Waals surface area contributed by atoms with E-state index in [1.165, 1.54) is 6.42 Å². The van der Waals surface area contributed by atoms with Gasteiger partial charge in [0.25, 0.3) is 0 Å². The Labute approximate surface area is 104 Å². The first-order valence-electron chi connectivity index (χ1n) is 6.68. The van der Waals surface area contributed by atoms with Gasteiger partial charge in [0.2, 0.25) is 0 Å². The molecule has 1 heterocycles. The number of Topliss-reactive ketones (excluding diaryl/α,β-unsaturated/α-hetero) is 1. The van der Waals surface area contributed by atoms with Crippen LogP contribution in [-0.2, 0) is 18.3 Å². The van der Waals surface area contributed by atoms with Crippen LogP contribution in [0.15, 0.2) is 12.3 Å². The number of hydrogen-bond donors (Lipinski definition) is 0. The van der Waals surface area contributed by atoms with Gasteiger partial charge in [-0.3, -0.25) is 9.48 Å². The van der Waals surface area contributed by atoms with Crippen molar-refractivity contribution in [2.24, 2.45) is 13.0 Å². The minimum absolute atomic E-state index is 0.267. The van der Waals surface area contributed by atoms with Crippen molar-refractivity contribution in [1.82, 2.24) is 9.78 Å². The highest BCUT2D eigenvalue weighted by Gasteiger charge is 2.15. The van der Waals surface area contributed by atoms with Crippen molar-refractivity contribution in [2.75, 3.05) is 0 Å². The summed E-state index contributed by atoms with van der Waals surface area (Å²) in [5.74, 6) is 0.685. The van der Waals surface area contributed by atoms with Gasteiger partial charge in [-0.1, -0.05) is 26.7 Å². The number of aromatic nitrogens is 2. The third-order valence-corrected chi connectivity index (χ3v) is 3.40. The Bertz CT molecular complexity index is 344. The molecule has 0 aliphatic heterocycles. The molecule has 96 valence electrons. The lowest BCUT2D eigenvalue weighted by Gasteiger charge is -2.12. The minimum Gasteiger partial charge on any atom is -0.299 e. The third kappa shape index (κ3) is 4.33. The lowest BCUT2D eigenvalue weighted by molar-refractivity contribution is -0.123. The maximum absolute atomic E-state index is 12.1. The average molecular weight is 236 g/mol. The largest absolute Gasteiger partial charge is 0.299 e. The lowest BCUT2D eigenvalue weighted by Crippen LogP contribution is -2.15. The molecular formula is C14H24N2O. The maximum Gasteiger partial charge on any atom is 0.136 e. The molecule has 1 unspecified atom stereocenters. The highest BCUT2D eigenvalue weighted by molar-refractivity contribution is 5.81. The molecule has 0 aliphatic carbocycles. The van der Waals surface area contributed by atoms with Crippen molar-refractivity contribution in [2.45, 2.75) is 52.4 Å². The van der Waals surface area contributed by atoms with Gasteiger partial charge in [0.15, 0.2) is 0 Å². The quantitative estimate of drug-likeness (QED) is 0.695. The zero-order valence-electron chi connectivity index (χ0n) is 11.3. The Morgan fingerprint density at radius 1 is 1.47 bits per heavy atom. The van der Waals surface area contributed by atoms with E-state index in [1.54, 1.807) is 6.20 Å². The van der Waals surface area contributed by atoms with Crippen molar-refractivity contribution in [3.8, 4) is 0 Å². The number of ketones is 1. The third-order valence-electron chi connectivity index (χ3n) is 3.40. The van der Waals surface area contributed by atoms with Crippen LogP contribution in [0.25, 0.3) is 0 Å². The van der Waals surface area contributed by atoms with Crippen molar-refractivity contribution in [1.29, 1.82) is 0 Å². The minimum atomic E-state index is 0.267. The molecule has 0 radical (unpaired) electrons. The first-order chi connectivity index (χ1) is 8.19. The van der Waals surface area contributed by atoms with Crippen LogP contribution in [0.4, 0.5) is 0 Å². The lowest BCUT2D eigenvalue weighted by atomic mass is 9.92. The van der Waals surface area contributed by atoms with Gasteiger partial charge in [-0.15, -0.1) is 0 Å². The van der Waals surface area contributed by atoms with E-state index >= 15 is 0 Å². The number of aryl methyl sites for hydroxylation is 2. The van der Waals surface area contributed by atoms with Crippen LogP contribution < -0.4 is 0 Å². The molecule has 0 aromatic carbocycles. The summed E-state index contributed by atoms with van der Waals surface area (Å²) in [6.07, 6.45) is 7.62. The number of carbonyl (C=O) groups excluding carboxylic acids is 1. The summed E-state index contributed by atoms with van der Waals surface area (Å²) >= 11 is 0. The normalized spacial score (nSPS) is 12.6. The second-order valence-electron chi connectivity index (χ2n) is 4.66. The van der Waals surface area contributed by atoms with Crippen molar-refractivity contribution in [3.63, 3.8) is 0 Å². The molecule has 1 rings (SSSR count). The standard InChI is InChI=1S/C14H24N2O/c1-4-6-7-12(5-2)14(17)9-8-13-10-11-15-16(13)3/h10-12H,4-9H2,1-3H3. The summed E-state index contributed by atoms with van der Waals surface area (Å²) in [4.78, 5) is 12.1. The molecule has 1 aromatic heterocycles. The van der Waals surface area contributed by atoms with Crippen molar-refractivity contribution in [3.05, 3.63) is 18.0 Å². The molecule has 0 saturated heterocycles. The van der Waals surface area contributed by atoms with Crippen LogP contribution in [0.5, 0.6) is 0 Å². The van der Waals surface area contributed by atoms with Gasteiger partial charge >= 0.3 is 0 Å². The summed E-state index contributed by atoms with van der Waals surface area (Å²) in [5.41, 5.74) is 1.14. The average Bonchev–Trinajstić information content (AvgIpc) is 2.73. The Hall–Kier alpha value is -1.12.